The SMILES string of the molecule is COc1ccc(-[n+]2[nH]oc(=O)c2C(=O)NC(C)(C)C)cc1. The number of methoxy groups -OCH3 is 1. The minimum atomic E-state index is -0.729. The second-order valence-corrected chi connectivity index (χ2v) is 5.57. The van der Waals surface area contributed by atoms with Crippen molar-refractivity contribution in [1.29, 1.82) is 0 Å². The first-order valence-corrected chi connectivity index (χ1v) is 6.42. The van der Waals surface area contributed by atoms with E-state index < -0.39 is 17.1 Å². The molecule has 1 amide bonds. The van der Waals surface area contributed by atoms with Crippen LogP contribution in [0.2, 0.25) is 0 Å². The van der Waals surface area contributed by atoms with Gasteiger partial charge < -0.3 is 10.1 Å². The Kier molecular flexibility index (Phi) is 3.84. The number of benzene rings is 1. The molecule has 0 aliphatic rings. The molecule has 0 aliphatic heterocycles. The largest absolute Gasteiger partial charge is 0.497 e. The third-order valence-electron chi connectivity index (χ3n) is 2.68. The molecule has 2 rings (SSSR count). The number of aromatic amines is 1. The maximum absolute atomic E-state index is 12.2. The molecule has 2 N–H and O–H groups in total. The number of hydrogen-bond acceptors (Lipinski definition) is 4. The highest BCUT2D eigenvalue weighted by molar-refractivity contribution is 5.91. The van der Waals surface area contributed by atoms with Crippen molar-refractivity contribution in [2.75, 3.05) is 7.11 Å². The second-order valence-electron chi connectivity index (χ2n) is 5.57. The highest BCUT2D eigenvalue weighted by Gasteiger charge is 2.32. The van der Waals surface area contributed by atoms with E-state index in [-0.39, 0.29) is 5.69 Å². The van der Waals surface area contributed by atoms with Gasteiger partial charge in [-0.1, -0.05) is 0 Å². The first-order valence-electron chi connectivity index (χ1n) is 6.42. The normalized spacial score (nSPS) is 11.2. The number of amides is 1. The Hall–Kier alpha value is -2.57. The van der Waals surface area contributed by atoms with Gasteiger partial charge in [0.05, 0.1) is 7.11 Å². The smallest absolute Gasteiger partial charge is 0.441 e. The Bertz CT molecular complexity index is 692. The highest BCUT2D eigenvalue weighted by atomic mass is 16.5. The fraction of sp³-hybridized carbons (Fsp3) is 0.357. The molecule has 0 radical (unpaired) electrons. The van der Waals surface area contributed by atoms with Crippen molar-refractivity contribution in [2.24, 2.45) is 0 Å². The van der Waals surface area contributed by atoms with Crippen LogP contribution in [0, 0.1) is 0 Å². The van der Waals surface area contributed by atoms with E-state index in [9.17, 15) is 9.59 Å². The van der Waals surface area contributed by atoms with E-state index in [1.54, 1.807) is 31.4 Å². The van der Waals surface area contributed by atoms with Gasteiger partial charge in [0.15, 0.2) is 0 Å². The first-order chi connectivity index (χ1) is 9.81. The molecule has 7 heteroatoms. The van der Waals surface area contributed by atoms with Crippen LogP contribution in [0.3, 0.4) is 0 Å². The molecular weight excluding hydrogens is 274 g/mol. The van der Waals surface area contributed by atoms with Crippen LogP contribution in [0.15, 0.2) is 33.6 Å². The average Bonchev–Trinajstić information content (AvgIpc) is 2.79. The molecular formula is C14H18N3O4+. The quantitative estimate of drug-likeness (QED) is 0.818. The van der Waals surface area contributed by atoms with E-state index in [0.29, 0.717) is 11.4 Å². The molecule has 1 heterocycles. The summed E-state index contributed by atoms with van der Waals surface area (Å²) in [6.07, 6.45) is 0. The maximum Gasteiger partial charge on any atom is 0.441 e. The van der Waals surface area contributed by atoms with Gasteiger partial charge >= 0.3 is 17.2 Å². The van der Waals surface area contributed by atoms with E-state index in [1.165, 1.54) is 4.68 Å². The third kappa shape index (κ3) is 3.31. The Labute approximate surface area is 121 Å². The lowest BCUT2D eigenvalue weighted by Gasteiger charge is -2.18. The number of hydrogen-bond donors (Lipinski definition) is 2. The van der Waals surface area contributed by atoms with Crippen molar-refractivity contribution < 1.29 is 18.7 Å². The predicted octanol–water partition coefficient (Wildman–Crippen LogP) is 0.781. The lowest BCUT2D eigenvalue weighted by atomic mass is 10.1. The van der Waals surface area contributed by atoms with Crippen molar-refractivity contribution in [2.45, 2.75) is 26.3 Å². The van der Waals surface area contributed by atoms with Crippen LogP contribution in [0.25, 0.3) is 5.69 Å². The summed E-state index contributed by atoms with van der Waals surface area (Å²) >= 11 is 0. The number of carbonyl (C=O) groups excluding carboxylic acids is 1. The molecule has 112 valence electrons. The van der Waals surface area contributed by atoms with Gasteiger partial charge in [-0.25, -0.2) is 4.79 Å². The number of rotatable bonds is 3. The molecule has 0 fully saturated rings. The van der Waals surface area contributed by atoms with Gasteiger partial charge in [0.25, 0.3) is 0 Å². The van der Waals surface area contributed by atoms with Crippen LogP contribution in [0.4, 0.5) is 0 Å². The summed E-state index contributed by atoms with van der Waals surface area (Å²) in [6.45, 7) is 5.49. The van der Waals surface area contributed by atoms with Crippen LogP contribution in [0.5, 0.6) is 5.75 Å². The Morgan fingerprint density at radius 1 is 1.29 bits per heavy atom. The zero-order chi connectivity index (χ0) is 15.6. The van der Waals surface area contributed by atoms with E-state index >= 15 is 0 Å². The summed E-state index contributed by atoms with van der Waals surface area (Å²) in [7, 11) is 1.56. The number of nitrogens with zero attached hydrogens (tertiary/aromatic N) is 1. The zero-order valence-electron chi connectivity index (χ0n) is 12.4. The van der Waals surface area contributed by atoms with E-state index in [4.69, 9.17) is 9.26 Å². The minimum Gasteiger partial charge on any atom is -0.497 e. The lowest BCUT2D eigenvalue weighted by molar-refractivity contribution is -0.672. The molecule has 0 unspecified atom stereocenters. The molecule has 2 aromatic rings. The molecule has 0 saturated heterocycles. The Morgan fingerprint density at radius 3 is 2.43 bits per heavy atom. The number of H-pyrrole nitrogens is 1. The van der Waals surface area contributed by atoms with Gasteiger partial charge in [-0.3, -0.25) is 9.32 Å². The van der Waals surface area contributed by atoms with Crippen LogP contribution >= 0.6 is 0 Å². The maximum atomic E-state index is 12.2. The number of nitrogens with one attached hydrogen (secondary N) is 2. The summed E-state index contributed by atoms with van der Waals surface area (Å²) in [5, 5.41) is 5.15. The van der Waals surface area contributed by atoms with Crippen molar-refractivity contribution in [3.05, 3.63) is 40.4 Å². The zero-order valence-corrected chi connectivity index (χ0v) is 12.4. The fourth-order valence-corrected chi connectivity index (χ4v) is 1.78. The standard InChI is InChI=1S/C14H17N3O4/c1-14(2,3)15-12(18)11-13(19)21-16-17(11)9-5-7-10(20-4)8-6-9/h5-8H,1-4H3,(H-,15,16,18,19)/p+1. The molecule has 0 spiro atoms. The van der Waals surface area contributed by atoms with Crippen molar-refractivity contribution >= 4 is 5.91 Å². The molecule has 0 aliphatic carbocycles. The van der Waals surface area contributed by atoms with Gasteiger partial charge in [0.1, 0.15) is 5.75 Å². The van der Waals surface area contributed by atoms with Crippen molar-refractivity contribution in [3.63, 3.8) is 0 Å². The minimum absolute atomic E-state index is 0.116. The van der Waals surface area contributed by atoms with Crippen molar-refractivity contribution in [3.8, 4) is 11.4 Å². The highest BCUT2D eigenvalue weighted by Crippen LogP contribution is 2.11. The summed E-state index contributed by atoms with van der Waals surface area (Å²) in [4.78, 5) is 24.0. The molecule has 1 aromatic heterocycles. The summed E-state index contributed by atoms with van der Waals surface area (Å²) in [5.41, 5.74) is -0.721. The van der Waals surface area contributed by atoms with Crippen LogP contribution < -0.4 is 20.4 Å². The van der Waals surface area contributed by atoms with E-state index in [0.717, 1.165) is 0 Å². The van der Waals surface area contributed by atoms with Gasteiger partial charge in [0.2, 0.25) is 5.69 Å². The Morgan fingerprint density at radius 2 is 1.90 bits per heavy atom. The summed E-state index contributed by atoms with van der Waals surface area (Å²) in [6, 6.07) is 6.86. The van der Waals surface area contributed by atoms with Gasteiger partial charge in [-0.15, -0.1) is 0 Å². The summed E-state index contributed by atoms with van der Waals surface area (Å²) in [5.74, 6) is 0.166. The average molecular weight is 292 g/mol. The third-order valence-corrected chi connectivity index (χ3v) is 2.68. The van der Waals surface area contributed by atoms with Crippen LogP contribution in [-0.2, 0) is 0 Å². The van der Waals surface area contributed by atoms with Gasteiger partial charge in [0, 0.05) is 17.7 Å². The molecule has 21 heavy (non-hydrogen) atoms. The molecule has 7 nitrogen and oxygen atoms in total. The van der Waals surface area contributed by atoms with Crippen LogP contribution in [0.1, 0.15) is 31.3 Å². The lowest BCUT2D eigenvalue weighted by Crippen LogP contribution is -2.49. The van der Waals surface area contributed by atoms with Gasteiger partial charge in [-0.2, -0.15) is 0 Å². The number of aromatic nitrogens is 2. The first kappa shape index (κ1) is 14.8. The monoisotopic (exact) mass is 292 g/mol. The molecule has 0 saturated carbocycles. The summed E-state index contributed by atoms with van der Waals surface area (Å²) < 4.78 is 11.1. The fourth-order valence-electron chi connectivity index (χ4n) is 1.78. The number of ether oxygens (including phenoxy) is 1. The molecule has 1 aromatic carbocycles. The number of carbonyl (C=O) groups is 1. The van der Waals surface area contributed by atoms with Crippen molar-refractivity contribution in [1.82, 2.24) is 10.6 Å². The Balaban J connectivity index is 2.42. The van der Waals surface area contributed by atoms with Crippen LogP contribution in [-0.4, -0.2) is 23.8 Å². The van der Waals surface area contributed by atoms with E-state index in [2.05, 4.69) is 10.6 Å². The van der Waals surface area contributed by atoms with E-state index in [1.807, 2.05) is 20.8 Å². The topological polar surface area (TPSA) is 88.2 Å². The molecule has 0 atom stereocenters. The predicted molar refractivity (Wildman–Crippen MR) is 74.6 cm³/mol. The van der Waals surface area contributed by atoms with Gasteiger partial charge in [-0.05, 0) is 42.9 Å². The molecule has 0 bridgehead atoms. The second kappa shape index (κ2) is 5.43.